The van der Waals surface area contributed by atoms with Crippen LogP contribution in [0.25, 0.3) is 11.6 Å². The third-order valence-electron chi connectivity index (χ3n) is 3.01. The minimum Gasteiger partial charge on any atom is -0.322 e. The lowest BCUT2D eigenvalue weighted by Gasteiger charge is -2.08. The van der Waals surface area contributed by atoms with Gasteiger partial charge in [0.05, 0.1) is 0 Å². The highest BCUT2D eigenvalue weighted by molar-refractivity contribution is 7.11. The van der Waals surface area contributed by atoms with Gasteiger partial charge in [-0.05, 0) is 64.2 Å². The number of carbonyl (C=O) groups excluding carboxylic acids is 1. The van der Waals surface area contributed by atoms with E-state index >= 15 is 0 Å². The molecular formula is C17H12ClNOS2. The molecule has 0 saturated carbocycles. The van der Waals surface area contributed by atoms with Crippen LogP contribution < -0.4 is 5.32 Å². The first-order chi connectivity index (χ1) is 10.7. The van der Waals surface area contributed by atoms with Crippen molar-refractivity contribution in [1.29, 1.82) is 0 Å². The second kappa shape index (κ2) is 6.92. The number of amides is 1. The maximum atomic E-state index is 12.6. The van der Waals surface area contributed by atoms with E-state index in [-0.39, 0.29) is 5.91 Å². The molecule has 0 saturated heterocycles. The monoisotopic (exact) mass is 345 g/mol. The lowest BCUT2D eigenvalue weighted by atomic mass is 10.1. The van der Waals surface area contributed by atoms with E-state index in [0.29, 0.717) is 10.6 Å². The van der Waals surface area contributed by atoms with Gasteiger partial charge in [0.15, 0.2) is 0 Å². The Labute approximate surface area is 141 Å². The van der Waals surface area contributed by atoms with Crippen LogP contribution >= 0.6 is 34.3 Å². The Kier molecular flexibility index (Phi) is 4.73. The van der Waals surface area contributed by atoms with Crippen LogP contribution in [-0.2, 0) is 4.79 Å². The first kappa shape index (κ1) is 15.0. The molecule has 0 aliphatic rings. The molecule has 0 atom stereocenters. The summed E-state index contributed by atoms with van der Waals surface area (Å²) in [6.45, 7) is 0. The highest BCUT2D eigenvalue weighted by Crippen LogP contribution is 2.24. The molecule has 1 aromatic carbocycles. The molecule has 0 fully saturated rings. The van der Waals surface area contributed by atoms with Crippen molar-refractivity contribution in [3.63, 3.8) is 0 Å². The Balaban J connectivity index is 1.89. The highest BCUT2D eigenvalue weighted by atomic mass is 35.5. The van der Waals surface area contributed by atoms with Gasteiger partial charge in [-0.1, -0.05) is 17.7 Å². The van der Waals surface area contributed by atoms with Crippen LogP contribution in [0.5, 0.6) is 0 Å². The Morgan fingerprint density at radius 2 is 1.91 bits per heavy atom. The Morgan fingerprint density at radius 3 is 2.55 bits per heavy atom. The first-order valence-corrected chi connectivity index (χ1v) is 8.77. The van der Waals surface area contributed by atoms with E-state index in [1.807, 2.05) is 40.4 Å². The molecule has 0 bridgehead atoms. The topological polar surface area (TPSA) is 29.1 Å². The normalized spacial score (nSPS) is 11.4. The van der Waals surface area contributed by atoms with Crippen molar-refractivity contribution in [1.82, 2.24) is 0 Å². The van der Waals surface area contributed by atoms with E-state index in [1.54, 1.807) is 46.9 Å². The molecule has 3 aromatic rings. The van der Waals surface area contributed by atoms with Gasteiger partial charge in [-0.2, -0.15) is 11.3 Å². The van der Waals surface area contributed by atoms with Crippen LogP contribution in [0.4, 0.5) is 5.69 Å². The van der Waals surface area contributed by atoms with Gasteiger partial charge in [0, 0.05) is 21.2 Å². The molecule has 22 heavy (non-hydrogen) atoms. The average molecular weight is 346 g/mol. The van der Waals surface area contributed by atoms with Crippen molar-refractivity contribution >= 4 is 57.5 Å². The van der Waals surface area contributed by atoms with Crippen molar-refractivity contribution in [2.45, 2.75) is 0 Å². The van der Waals surface area contributed by atoms with Crippen LogP contribution in [0.2, 0.25) is 5.02 Å². The zero-order valence-electron chi connectivity index (χ0n) is 11.5. The largest absolute Gasteiger partial charge is 0.322 e. The minimum absolute atomic E-state index is 0.130. The Morgan fingerprint density at radius 1 is 1.09 bits per heavy atom. The average Bonchev–Trinajstić information content (AvgIpc) is 3.20. The second-order valence-electron chi connectivity index (χ2n) is 4.55. The molecule has 0 aliphatic heterocycles. The Hall–Kier alpha value is -1.88. The van der Waals surface area contributed by atoms with Crippen molar-refractivity contribution in [3.8, 4) is 0 Å². The molecule has 3 rings (SSSR count). The summed E-state index contributed by atoms with van der Waals surface area (Å²) in [6.07, 6.45) is 1.91. The Bertz CT molecular complexity index is 775. The van der Waals surface area contributed by atoms with E-state index in [2.05, 4.69) is 5.32 Å². The molecule has 0 radical (unpaired) electrons. The van der Waals surface area contributed by atoms with Gasteiger partial charge in [-0.25, -0.2) is 0 Å². The summed E-state index contributed by atoms with van der Waals surface area (Å²) in [5.74, 6) is -0.130. The summed E-state index contributed by atoms with van der Waals surface area (Å²) in [5.41, 5.74) is 2.30. The van der Waals surface area contributed by atoms with Gasteiger partial charge in [0.25, 0.3) is 5.91 Å². The number of halogens is 1. The zero-order valence-corrected chi connectivity index (χ0v) is 13.8. The van der Waals surface area contributed by atoms with Gasteiger partial charge in [0.1, 0.15) is 0 Å². The number of carbonyl (C=O) groups is 1. The predicted octanol–water partition coefficient (Wildman–Crippen LogP) is 5.64. The van der Waals surface area contributed by atoms with Crippen molar-refractivity contribution in [2.75, 3.05) is 5.32 Å². The number of anilines is 1. The highest BCUT2D eigenvalue weighted by Gasteiger charge is 2.13. The SMILES string of the molecule is O=C(Nc1ccc(Cl)cc1)/C(=C\c1cccs1)c1ccsc1. The lowest BCUT2D eigenvalue weighted by Crippen LogP contribution is -2.13. The van der Waals surface area contributed by atoms with Gasteiger partial charge in [0.2, 0.25) is 0 Å². The van der Waals surface area contributed by atoms with Crippen LogP contribution in [0.15, 0.2) is 58.6 Å². The summed E-state index contributed by atoms with van der Waals surface area (Å²) >= 11 is 9.04. The van der Waals surface area contributed by atoms with Gasteiger partial charge in [-0.15, -0.1) is 11.3 Å². The summed E-state index contributed by atoms with van der Waals surface area (Å²) < 4.78 is 0. The number of hydrogen-bond acceptors (Lipinski definition) is 3. The second-order valence-corrected chi connectivity index (χ2v) is 6.74. The van der Waals surface area contributed by atoms with Crippen molar-refractivity contribution < 1.29 is 4.79 Å². The molecular weight excluding hydrogens is 334 g/mol. The lowest BCUT2D eigenvalue weighted by molar-refractivity contribution is -0.111. The van der Waals surface area contributed by atoms with Crippen LogP contribution in [-0.4, -0.2) is 5.91 Å². The number of thiophene rings is 2. The number of nitrogens with one attached hydrogen (secondary N) is 1. The van der Waals surface area contributed by atoms with E-state index in [0.717, 1.165) is 16.1 Å². The molecule has 110 valence electrons. The standard InChI is InChI=1S/C17H12ClNOS2/c18-13-3-5-14(6-4-13)19-17(20)16(12-7-9-21-11-12)10-15-2-1-8-22-15/h1-11H,(H,19,20)/b16-10-. The van der Waals surface area contributed by atoms with Crippen LogP contribution in [0, 0.1) is 0 Å². The predicted molar refractivity (Wildman–Crippen MR) is 96.6 cm³/mol. The molecule has 2 aromatic heterocycles. The maximum absolute atomic E-state index is 12.6. The molecule has 0 aliphatic carbocycles. The number of hydrogen-bond donors (Lipinski definition) is 1. The molecule has 0 unspecified atom stereocenters. The number of rotatable bonds is 4. The fourth-order valence-electron chi connectivity index (χ4n) is 1.94. The van der Waals surface area contributed by atoms with E-state index in [9.17, 15) is 4.79 Å². The summed E-state index contributed by atoms with van der Waals surface area (Å²) in [7, 11) is 0. The molecule has 2 nitrogen and oxygen atoms in total. The smallest absolute Gasteiger partial charge is 0.256 e. The first-order valence-electron chi connectivity index (χ1n) is 6.57. The molecule has 2 heterocycles. The molecule has 1 amide bonds. The van der Waals surface area contributed by atoms with Crippen molar-refractivity contribution in [3.05, 3.63) is 74.1 Å². The molecule has 1 N–H and O–H groups in total. The fraction of sp³-hybridized carbons (Fsp3) is 0. The summed E-state index contributed by atoms with van der Waals surface area (Å²) in [4.78, 5) is 13.7. The minimum atomic E-state index is -0.130. The third kappa shape index (κ3) is 3.65. The van der Waals surface area contributed by atoms with Crippen molar-refractivity contribution in [2.24, 2.45) is 0 Å². The summed E-state index contributed by atoms with van der Waals surface area (Å²) in [6, 6.07) is 13.0. The van der Waals surface area contributed by atoms with Gasteiger partial charge >= 0.3 is 0 Å². The zero-order chi connectivity index (χ0) is 15.4. The quantitative estimate of drug-likeness (QED) is 0.609. The van der Waals surface area contributed by atoms with E-state index < -0.39 is 0 Å². The summed E-state index contributed by atoms with van der Waals surface area (Å²) in [5, 5.41) is 9.49. The van der Waals surface area contributed by atoms with Crippen LogP contribution in [0.1, 0.15) is 10.4 Å². The maximum Gasteiger partial charge on any atom is 0.256 e. The van der Waals surface area contributed by atoms with Crippen LogP contribution in [0.3, 0.4) is 0 Å². The third-order valence-corrected chi connectivity index (χ3v) is 4.76. The molecule has 5 heteroatoms. The van der Waals surface area contributed by atoms with E-state index in [1.165, 1.54) is 0 Å². The molecule has 0 spiro atoms. The fourth-order valence-corrected chi connectivity index (χ4v) is 3.38. The van der Waals surface area contributed by atoms with Gasteiger partial charge < -0.3 is 5.32 Å². The van der Waals surface area contributed by atoms with E-state index in [4.69, 9.17) is 11.6 Å². The number of benzene rings is 1. The van der Waals surface area contributed by atoms with Gasteiger partial charge in [-0.3, -0.25) is 4.79 Å².